The van der Waals surface area contributed by atoms with Crippen molar-refractivity contribution in [3.8, 4) is 11.5 Å². The molecule has 2 aromatic carbocycles. The molecule has 142 valence electrons. The molecule has 0 aromatic heterocycles. The number of hydrogen-bond acceptors (Lipinski definition) is 5. The van der Waals surface area contributed by atoms with E-state index in [0.717, 1.165) is 22.4 Å². The summed E-state index contributed by atoms with van der Waals surface area (Å²) in [6, 6.07) is 13.2. The summed E-state index contributed by atoms with van der Waals surface area (Å²) in [5.74, 6) is -0.929. The lowest BCUT2D eigenvalue weighted by Crippen LogP contribution is -2.37. The van der Waals surface area contributed by atoms with Crippen LogP contribution in [0.25, 0.3) is 0 Å². The molecule has 1 N–H and O–H groups in total. The number of aryl methyl sites for hydroxylation is 1. The van der Waals surface area contributed by atoms with Gasteiger partial charge in [-0.05, 0) is 43.0 Å². The second-order valence-electron chi connectivity index (χ2n) is 6.70. The van der Waals surface area contributed by atoms with Crippen LogP contribution in [-0.4, -0.2) is 25.2 Å². The van der Waals surface area contributed by atoms with Gasteiger partial charge in [-0.15, -0.1) is 0 Å². The molecule has 6 heteroatoms. The first-order valence-corrected chi connectivity index (χ1v) is 8.93. The molecular weight excluding hydrogens is 346 g/mol. The number of benzene rings is 2. The molecular formula is C21H22NO5-. The number of aliphatic carboxylic acids is 1. The highest BCUT2D eigenvalue weighted by atomic mass is 16.7. The van der Waals surface area contributed by atoms with E-state index in [2.05, 4.69) is 5.32 Å². The predicted octanol–water partition coefficient (Wildman–Crippen LogP) is 1.38. The van der Waals surface area contributed by atoms with Crippen molar-refractivity contribution in [2.75, 3.05) is 13.3 Å². The van der Waals surface area contributed by atoms with Gasteiger partial charge in [-0.1, -0.05) is 35.9 Å². The fourth-order valence-corrected chi connectivity index (χ4v) is 2.99. The fourth-order valence-electron chi connectivity index (χ4n) is 2.99. The maximum absolute atomic E-state index is 12.1. The molecule has 0 fully saturated rings. The summed E-state index contributed by atoms with van der Waals surface area (Å²) in [5.41, 5.74) is 2.99. The summed E-state index contributed by atoms with van der Waals surface area (Å²) in [6.45, 7) is 2.61. The molecule has 0 spiro atoms. The van der Waals surface area contributed by atoms with E-state index in [0.29, 0.717) is 18.7 Å². The number of hydrogen-bond donors (Lipinski definition) is 1. The molecule has 0 saturated heterocycles. The van der Waals surface area contributed by atoms with Crippen molar-refractivity contribution in [2.45, 2.75) is 26.2 Å². The van der Waals surface area contributed by atoms with Crippen LogP contribution < -0.4 is 19.9 Å². The lowest BCUT2D eigenvalue weighted by atomic mass is 9.95. The second-order valence-corrected chi connectivity index (χ2v) is 6.70. The first-order valence-electron chi connectivity index (χ1n) is 8.93. The number of carbonyl (C=O) groups excluding carboxylic acids is 2. The van der Waals surface area contributed by atoms with Crippen molar-refractivity contribution in [2.24, 2.45) is 5.92 Å². The smallest absolute Gasteiger partial charge is 0.231 e. The zero-order chi connectivity index (χ0) is 19.2. The van der Waals surface area contributed by atoms with Crippen molar-refractivity contribution < 1.29 is 24.2 Å². The van der Waals surface area contributed by atoms with Crippen LogP contribution in [0.3, 0.4) is 0 Å². The molecule has 1 atom stereocenters. The molecule has 3 rings (SSSR count). The van der Waals surface area contributed by atoms with E-state index in [1.165, 1.54) is 0 Å². The Labute approximate surface area is 158 Å². The zero-order valence-electron chi connectivity index (χ0n) is 15.2. The Kier molecular flexibility index (Phi) is 5.96. The third-order valence-corrected chi connectivity index (χ3v) is 4.54. The van der Waals surface area contributed by atoms with E-state index in [1.807, 2.05) is 49.4 Å². The third-order valence-electron chi connectivity index (χ3n) is 4.54. The standard InChI is InChI=1S/C21H23NO5/c1-14-2-4-15(5-3-14)10-17(21(24)25)12-20(23)22-9-8-16-6-7-18-19(11-16)27-13-26-18/h2-7,11,17H,8-10,12-13H2,1H3,(H,22,23)(H,24,25)/p-1/t17-/m1/s1. The molecule has 6 nitrogen and oxygen atoms in total. The normalized spacial score (nSPS) is 13.2. The minimum Gasteiger partial charge on any atom is -0.550 e. The van der Waals surface area contributed by atoms with Gasteiger partial charge in [-0.2, -0.15) is 0 Å². The van der Waals surface area contributed by atoms with Crippen LogP contribution in [0.2, 0.25) is 0 Å². The number of carboxylic acids is 1. The van der Waals surface area contributed by atoms with Gasteiger partial charge >= 0.3 is 0 Å². The largest absolute Gasteiger partial charge is 0.550 e. The van der Waals surface area contributed by atoms with Gasteiger partial charge in [-0.3, -0.25) is 4.79 Å². The summed E-state index contributed by atoms with van der Waals surface area (Å²) in [7, 11) is 0. The Balaban J connectivity index is 1.47. The summed E-state index contributed by atoms with van der Waals surface area (Å²) < 4.78 is 10.6. The average molecular weight is 368 g/mol. The molecule has 2 aromatic rings. The van der Waals surface area contributed by atoms with Gasteiger partial charge < -0.3 is 24.7 Å². The van der Waals surface area contributed by atoms with Crippen molar-refractivity contribution in [1.82, 2.24) is 5.32 Å². The third kappa shape index (κ3) is 5.23. The summed E-state index contributed by atoms with van der Waals surface area (Å²) in [5, 5.41) is 14.2. The SMILES string of the molecule is Cc1ccc(C[C@H](CC(=O)NCCc2ccc3c(c2)OCO3)C(=O)[O-])cc1. The Hall–Kier alpha value is -3.02. The van der Waals surface area contributed by atoms with Gasteiger partial charge in [0.15, 0.2) is 11.5 Å². The van der Waals surface area contributed by atoms with Gasteiger partial charge in [-0.25, -0.2) is 0 Å². The van der Waals surface area contributed by atoms with Crippen LogP contribution in [0.15, 0.2) is 42.5 Å². The highest BCUT2D eigenvalue weighted by molar-refractivity contribution is 5.81. The highest BCUT2D eigenvalue weighted by Crippen LogP contribution is 2.32. The van der Waals surface area contributed by atoms with Crippen LogP contribution in [-0.2, 0) is 22.4 Å². The predicted molar refractivity (Wildman–Crippen MR) is 97.3 cm³/mol. The van der Waals surface area contributed by atoms with Gasteiger partial charge in [0.05, 0.1) is 0 Å². The second kappa shape index (κ2) is 8.58. The molecule has 0 unspecified atom stereocenters. The van der Waals surface area contributed by atoms with Crippen LogP contribution in [0.5, 0.6) is 11.5 Å². The fraction of sp³-hybridized carbons (Fsp3) is 0.333. The van der Waals surface area contributed by atoms with Gasteiger partial charge in [0.25, 0.3) is 0 Å². The Bertz CT molecular complexity index is 816. The van der Waals surface area contributed by atoms with Crippen LogP contribution in [0.1, 0.15) is 23.1 Å². The number of nitrogens with one attached hydrogen (secondary N) is 1. The molecule has 1 amide bonds. The van der Waals surface area contributed by atoms with Crippen LogP contribution in [0.4, 0.5) is 0 Å². The highest BCUT2D eigenvalue weighted by Gasteiger charge is 2.16. The summed E-state index contributed by atoms with van der Waals surface area (Å²) in [4.78, 5) is 23.5. The number of amides is 1. The molecule has 0 radical (unpaired) electrons. The zero-order valence-corrected chi connectivity index (χ0v) is 15.2. The quantitative estimate of drug-likeness (QED) is 0.761. The monoisotopic (exact) mass is 368 g/mol. The van der Waals surface area contributed by atoms with E-state index in [9.17, 15) is 14.7 Å². The molecule has 1 heterocycles. The molecule has 1 aliphatic heterocycles. The first-order chi connectivity index (χ1) is 13.0. The van der Waals surface area contributed by atoms with E-state index in [-0.39, 0.29) is 25.5 Å². The number of fused-ring (bicyclic) bond motifs is 1. The molecule has 27 heavy (non-hydrogen) atoms. The minimum atomic E-state index is -1.21. The molecule has 0 bridgehead atoms. The van der Waals surface area contributed by atoms with E-state index in [1.54, 1.807) is 0 Å². The van der Waals surface area contributed by atoms with Crippen molar-refractivity contribution >= 4 is 11.9 Å². The van der Waals surface area contributed by atoms with Gasteiger partial charge in [0.2, 0.25) is 12.7 Å². The van der Waals surface area contributed by atoms with Crippen molar-refractivity contribution in [3.63, 3.8) is 0 Å². The minimum absolute atomic E-state index is 0.0999. The number of carboxylic acid groups (broad SMARTS) is 1. The van der Waals surface area contributed by atoms with Gasteiger partial charge in [0.1, 0.15) is 0 Å². The topological polar surface area (TPSA) is 87.7 Å². The summed E-state index contributed by atoms with van der Waals surface area (Å²) in [6.07, 6.45) is 0.797. The lowest BCUT2D eigenvalue weighted by Gasteiger charge is -2.18. The van der Waals surface area contributed by atoms with Crippen LogP contribution in [0, 0.1) is 12.8 Å². The van der Waals surface area contributed by atoms with Gasteiger partial charge in [0, 0.05) is 24.9 Å². The van der Waals surface area contributed by atoms with Crippen LogP contribution >= 0.6 is 0 Å². The van der Waals surface area contributed by atoms with E-state index in [4.69, 9.17) is 9.47 Å². The Morgan fingerprint density at radius 2 is 1.78 bits per heavy atom. The lowest BCUT2D eigenvalue weighted by molar-refractivity contribution is -0.311. The molecule has 0 saturated carbocycles. The van der Waals surface area contributed by atoms with E-state index < -0.39 is 11.9 Å². The summed E-state index contributed by atoms with van der Waals surface area (Å²) >= 11 is 0. The van der Waals surface area contributed by atoms with E-state index >= 15 is 0 Å². The maximum atomic E-state index is 12.1. The first kappa shape index (κ1) is 18.8. The van der Waals surface area contributed by atoms with Crippen molar-refractivity contribution in [1.29, 1.82) is 0 Å². The average Bonchev–Trinajstić information content (AvgIpc) is 3.10. The van der Waals surface area contributed by atoms with Crippen molar-refractivity contribution in [3.05, 3.63) is 59.2 Å². The number of carbonyl (C=O) groups is 2. The number of rotatable bonds is 8. The maximum Gasteiger partial charge on any atom is 0.231 e. The molecule has 0 aliphatic carbocycles. The molecule has 1 aliphatic rings. The Morgan fingerprint density at radius 1 is 1.07 bits per heavy atom. The Morgan fingerprint density at radius 3 is 2.52 bits per heavy atom. The number of ether oxygens (including phenoxy) is 2.